The first-order chi connectivity index (χ1) is 10.9. The van der Waals surface area contributed by atoms with E-state index in [1.54, 1.807) is 0 Å². The Balaban J connectivity index is 2.30. The third kappa shape index (κ3) is 3.98. The highest BCUT2D eigenvalue weighted by atomic mass is 32.2. The zero-order valence-corrected chi connectivity index (χ0v) is 13.9. The molecular weight excluding hydrogens is 322 g/mol. The molecule has 0 bridgehead atoms. The van der Waals surface area contributed by atoms with Gasteiger partial charge < -0.3 is 10.1 Å². The lowest BCUT2D eigenvalue weighted by atomic mass is 10.2. The van der Waals surface area contributed by atoms with Crippen molar-refractivity contribution in [2.24, 2.45) is 0 Å². The second-order valence-electron chi connectivity index (χ2n) is 5.32. The maximum atomic E-state index is 11.8. The summed E-state index contributed by atoms with van der Waals surface area (Å²) in [5, 5.41) is 14.4. The van der Waals surface area contributed by atoms with Crippen molar-refractivity contribution >= 4 is 21.4 Å². The minimum absolute atomic E-state index is 0.0135. The largest absolute Gasteiger partial charge is 0.376 e. The average Bonchev–Trinajstić information content (AvgIpc) is 2.95. The highest BCUT2D eigenvalue weighted by Crippen LogP contribution is 2.32. The highest BCUT2D eigenvalue weighted by Gasteiger charge is 2.30. The molecule has 0 spiro atoms. The number of nitrogens with zero attached hydrogens (tertiary/aromatic N) is 1. The molecule has 0 radical (unpaired) electrons. The smallest absolute Gasteiger partial charge is 0.293 e. The van der Waals surface area contributed by atoms with Crippen molar-refractivity contribution in [2.45, 2.75) is 43.2 Å². The summed E-state index contributed by atoms with van der Waals surface area (Å²) in [4.78, 5) is 10.6. The van der Waals surface area contributed by atoms with E-state index in [2.05, 4.69) is 10.0 Å². The van der Waals surface area contributed by atoms with Gasteiger partial charge in [0.05, 0.1) is 22.0 Å². The van der Waals surface area contributed by atoms with Gasteiger partial charge in [-0.3, -0.25) is 10.1 Å². The molecule has 23 heavy (non-hydrogen) atoms. The summed E-state index contributed by atoms with van der Waals surface area (Å²) in [5.74, 6) is 0. The quantitative estimate of drug-likeness (QED) is 0.577. The standard InChI is InChI=1S/C14H21N3O5S/c1-3-22-14-6-4-5-12(14)16-11-8-7-10(23(20,21)15-2)9-13(11)17(18)19/h7-9,12,14-16H,3-6H2,1-2H3/t12-,14-/m1/s1. The summed E-state index contributed by atoms with van der Waals surface area (Å²) in [6.07, 6.45) is 2.77. The summed E-state index contributed by atoms with van der Waals surface area (Å²) < 4.78 is 31.4. The Labute approximate surface area is 135 Å². The number of hydrogen-bond acceptors (Lipinski definition) is 6. The number of anilines is 1. The number of nitro groups is 1. The van der Waals surface area contributed by atoms with Gasteiger partial charge in [0.25, 0.3) is 5.69 Å². The van der Waals surface area contributed by atoms with E-state index >= 15 is 0 Å². The number of rotatable bonds is 7. The van der Waals surface area contributed by atoms with Gasteiger partial charge in [0.15, 0.2) is 0 Å². The van der Waals surface area contributed by atoms with Crippen LogP contribution in [-0.4, -0.2) is 39.1 Å². The van der Waals surface area contributed by atoms with E-state index in [1.807, 2.05) is 6.92 Å². The Bertz CT molecular complexity index is 677. The molecule has 0 saturated heterocycles. The van der Waals surface area contributed by atoms with E-state index < -0.39 is 14.9 Å². The second-order valence-corrected chi connectivity index (χ2v) is 7.21. The normalized spacial score (nSPS) is 21.3. The van der Waals surface area contributed by atoms with Crippen molar-refractivity contribution < 1.29 is 18.1 Å². The van der Waals surface area contributed by atoms with Crippen LogP contribution in [0.2, 0.25) is 0 Å². The lowest BCUT2D eigenvalue weighted by Gasteiger charge is -2.22. The number of benzene rings is 1. The molecule has 0 unspecified atom stereocenters. The molecule has 9 heteroatoms. The molecular formula is C14H21N3O5S. The Hall–Kier alpha value is -1.71. The third-order valence-electron chi connectivity index (χ3n) is 3.92. The molecule has 1 aromatic carbocycles. The van der Waals surface area contributed by atoms with E-state index in [1.165, 1.54) is 19.2 Å². The topological polar surface area (TPSA) is 111 Å². The van der Waals surface area contributed by atoms with Crippen LogP contribution in [0.3, 0.4) is 0 Å². The Morgan fingerprint density at radius 3 is 2.74 bits per heavy atom. The molecule has 128 valence electrons. The number of sulfonamides is 1. The van der Waals surface area contributed by atoms with Crippen molar-refractivity contribution in [3.05, 3.63) is 28.3 Å². The second kappa shape index (κ2) is 7.24. The van der Waals surface area contributed by atoms with E-state index in [0.29, 0.717) is 12.3 Å². The van der Waals surface area contributed by atoms with Crippen LogP contribution in [0.25, 0.3) is 0 Å². The van der Waals surface area contributed by atoms with Gasteiger partial charge in [-0.2, -0.15) is 0 Å². The van der Waals surface area contributed by atoms with Gasteiger partial charge >= 0.3 is 0 Å². The van der Waals surface area contributed by atoms with Crippen LogP contribution < -0.4 is 10.0 Å². The van der Waals surface area contributed by atoms with Crippen LogP contribution in [0.1, 0.15) is 26.2 Å². The zero-order valence-electron chi connectivity index (χ0n) is 13.1. The summed E-state index contributed by atoms with van der Waals surface area (Å²) in [7, 11) is -2.46. The van der Waals surface area contributed by atoms with Crippen molar-refractivity contribution in [1.82, 2.24) is 4.72 Å². The minimum Gasteiger partial charge on any atom is -0.376 e. The monoisotopic (exact) mass is 343 g/mol. The first-order valence-corrected chi connectivity index (χ1v) is 8.97. The van der Waals surface area contributed by atoms with Gasteiger partial charge in [0, 0.05) is 12.7 Å². The third-order valence-corrected chi connectivity index (χ3v) is 5.33. The summed E-state index contributed by atoms with van der Waals surface area (Å²) in [6.45, 7) is 2.50. The van der Waals surface area contributed by atoms with Crippen molar-refractivity contribution in [3.8, 4) is 0 Å². The fourth-order valence-electron chi connectivity index (χ4n) is 2.77. The number of nitro benzene ring substituents is 1. The van der Waals surface area contributed by atoms with Crippen LogP contribution in [0.5, 0.6) is 0 Å². The molecule has 8 nitrogen and oxygen atoms in total. The maximum Gasteiger partial charge on any atom is 0.293 e. The fraction of sp³-hybridized carbons (Fsp3) is 0.571. The fourth-order valence-corrected chi connectivity index (χ4v) is 3.52. The molecule has 1 saturated carbocycles. The van der Waals surface area contributed by atoms with Crippen LogP contribution in [0.15, 0.2) is 23.1 Å². The van der Waals surface area contributed by atoms with Gasteiger partial charge in [-0.1, -0.05) is 0 Å². The lowest BCUT2D eigenvalue weighted by molar-refractivity contribution is -0.384. The van der Waals surface area contributed by atoms with Crippen LogP contribution in [0, 0.1) is 10.1 Å². The van der Waals surface area contributed by atoms with Gasteiger partial charge in [0.2, 0.25) is 10.0 Å². The zero-order chi connectivity index (χ0) is 17.0. The first kappa shape index (κ1) is 17.6. The van der Waals surface area contributed by atoms with Crippen molar-refractivity contribution in [2.75, 3.05) is 19.0 Å². The number of ether oxygens (including phenoxy) is 1. The molecule has 1 fully saturated rings. The van der Waals surface area contributed by atoms with Crippen molar-refractivity contribution in [1.29, 1.82) is 0 Å². The summed E-state index contributed by atoms with van der Waals surface area (Å²) in [6, 6.07) is 3.84. The Morgan fingerprint density at radius 2 is 2.13 bits per heavy atom. The van der Waals surface area contributed by atoms with Gasteiger partial charge in [-0.25, -0.2) is 13.1 Å². The highest BCUT2D eigenvalue weighted by molar-refractivity contribution is 7.89. The molecule has 2 rings (SSSR count). The van der Waals surface area contributed by atoms with Crippen molar-refractivity contribution in [3.63, 3.8) is 0 Å². The Kier molecular flexibility index (Phi) is 5.55. The molecule has 2 N–H and O–H groups in total. The molecule has 0 amide bonds. The maximum absolute atomic E-state index is 11.8. The predicted octanol–water partition coefficient (Wildman–Crippen LogP) is 1.87. The van der Waals surface area contributed by atoms with E-state index in [0.717, 1.165) is 25.3 Å². The van der Waals surface area contributed by atoms with Crippen LogP contribution in [0.4, 0.5) is 11.4 Å². The molecule has 1 aliphatic carbocycles. The van der Waals surface area contributed by atoms with Crippen LogP contribution in [-0.2, 0) is 14.8 Å². The lowest BCUT2D eigenvalue weighted by Crippen LogP contribution is -2.31. The average molecular weight is 343 g/mol. The first-order valence-electron chi connectivity index (χ1n) is 7.49. The van der Waals surface area contributed by atoms with Gasteiger partial charge in [-0.15, -0.1) is 0 Å². The van der Waals surface area contributed by atoms with Gasteiger partial charge in [-0.05, 0) is 45.4 Å². The molecule has 0 aliphatic heterocycles. The SMILES string of the molecule is CCO[C@@H]1CCC[C@H]1Nc1ccc(S(=O)(=O)NC)cc1[N+](=O)[O-]. The van der Waals surface area contributed by atoms with E-state index in [4.69, 9.17) is 4.74 Å². The number of hydrogen-bond donors (Lipinski definition) is 2. The van der Waals surface area contributed by atoms with E-state index in [9.17, 15) is 18.5 Å². The van der Waals surface area contributed by atoms with Crippen LogP contribution >= 0.6 is 0 Å². The summed E-state index contributed by atoms with van der Waals surface area (Å²) in [5.41, 5.74) is 0.0464. The Morgan fingerprint density at radius 1 is 1.39 bits per heavy atom. The minimum atomic E-state index is -3.72. The predicted molar refractivity (Wildman–Crippen MR) is 86.0 cm³/mol. The molecule has 1 aromatic rings. The molecule has 0 aromatic heterocycles. The summed E-state index contributed by atoms with van der Waals surface area (Å²) >= 11 is 0. The molecule has 1 aliphatic rings. The molecule has 2 atom stereocenters. The number of nitrogens with one attached hydrogen (secondary N) is 2. The molecule has 0 heterocycles. The van der Waals surface area contributed by atoms with E-state index in [-0.39, 0.29) is 22.7 Å². The van der Waals surface area contributed by atoms with Gasteiger partial charge in [0.1, 0.15) is 5.69 Å².